The molecule has 0 fully saturated rings. The molecule has 0 unspecified atom stereocenters. The molecule has 0 amide bonds. The Labute approximate surface area is 93.9 Å². The Morgan fingerprint density at radius 3 is 2.62 bits per heavy atom. The Morgan fingerprint density at radius 1 is 1.31 bits per heavy atom. The van der Waals surface area contributed by atoms with Crippen molar-refractivity contribution < 1.29 is 9.63 Å². The van der Waals surface area contributed by atoms with Gasteiger partial charge in [0.2, 0.25) is 0 Å². The molecule has 0 bridgehead atoms. The summed E-state index contributed by atoms with van der Waals surface area (Å²) in [6.45, 7) is 5.85. The first-order valence-electron chi connectivity index (χ1n) is 5.21. The highest BCUT2D eigenvalue weighted by Gasteiger charge is 2.11. The lowest BCUT2D eigenvalue weighted by molar-refractivity contribution is 0.419. The van der Waals surface area contributed by atoms with Gasteiger partial charge in [0.05, 0.1) is 0 Å². The number of aromatic nitrogens is 2. The van der Waals surface area contributed by atoms with E-state index in [0.717, 1.165) is 11.1 Å². The predicted octanol–water partition coefficient (Wildman–Crippen LogP) is 2.87. The SMILES string of the molecule is Cc1cc(-c2nc(C(C)C)no2)ccc1O. The number of hydrogen-bond acceptors (Lipinski definition) is 4. The van der Waals surface area contributed by atoms with Gasteiger partial charge in [-0.2, -0.15) is 4.98 Å². The van der Waals surface area contributed by atoms with E-state index >= 15 is 0 Å². The van der Waals surface area contributed by atoms with E-state index in [9.17, 15) is 5.11 Å². The number of aromatic hydroxyl groups is 1. The van der Waals surface area contributed by atoms with E-state index in [1.165, 1.54) is 0 Å². The van der Waals surface area contributed by atoms with Gasteiger partial charge in [-0.15, -0.1) is 0 Å². The molecule has 1 N–H and O–H groups in total. The fourth-order valence-electron chi connectivity index (χ4n) is 1.38. The van der Waals surface area contributed by atoms with Gasteiger partial charge in [0.25, 0.3) is 5.89 Å². The fraction of sp³-hybridized carbons (Fsp3) is 0.333. The molecule has 0 saturated heterocycles. The monoisotopic (exact) mass is 218 g/mol. The van der Waals surface area contributed by atoms with Crippen LogP contribution in [-0.2, 0) is 0 Å². The molecule has 4 heteroatoms. The van der Waals surface area contributed by atoms with Crippen LogP contribution in [0.2, 0.25) is 0 Å². The van der Waals surface area contributed by atoms with Crippen LogP contribution in [0.4, 0.5) is 0 Å². The molecule has 2 rings (SSSR count). The molecule has 0 saturated carbocycles. The minimum atomic E-state index is 0.246. The van der Waals surface area contributed by atoms with Crippen molar-refractivity contribution in [2.75, 3.05) is 0 Å². The van der Waals surface area contributed by atoms with E-state index < -0.39 is 0 Å². The van der Waals surface area contributed by atoms with Crippen molar-refractivity contribution in [1.29, 1.82) is 0 Å². The lowest BCUT2D eigenvalue weighted by Gasteiger charge is -1.99. The maximum absolute atomic E-state index is 9.42. The molecule has 0 aliphatic carbocycles. The van der Waals surface area contributed by atoms with E-state index in [4.69, 9.17) is 4.52 Å². The predicted molar refractivity (Wildman–Crippen MR) is 60.2 cm³/mol. The molecule has 1 heterocycles. The number of aryl methyl sites for hydroxylation is 1. The van der Waals surface area contributed by atoms with E-state index in [1.807, 2.05) is 26.8 Å². The topological polar surface area (TPSA) is 59.2 Å². The lowest BCUT2D eigenvalue weighted by atomic mass is 10.1. The van der Waals surface area contributed by atoms with Crippen LogP contribution < -0.4 is 0 Å². The Morgan fingerprint density at radius 2 is 2.06 bits per heavy atom. The summed E-state index contributed by atoms with van der Waals surface area (Å²) in [5.41, 5.74) is 1.62. The van der Waals surface area contributed by atoms with Crippen LogP contribution in [0, 0.1) is 6.92 Å². The molecule has 1 aromatic heterocycles. The Balaban J connectivity index is 2.39. The molecule has 0 aliphatic heterocycles. The van der Waals surface area contributed by atoms with Gasteiger partial charge >= 0.3 is 0 Å². The van der Waals surface area contributed by atoms with E-state index in [2.05, 4.69) is 10.1 Å². The third-order valence-electron chi connectivity index (χ3n) is 2.40. The summed E-state index contributed by atoms with van der Waals surface area (Å²) < 4.78 is 5.16. The zero-order valence-electron chi connectivity index (χ0n) is 9.56. The molecular formula is C12H14N2O2. The summed E-state index contributed by atoms with van der Waals surface area (Å²) in [6.07, 6.45) is 0. The van der Waals surface area contributed by atoms with Crippen LogP contribution >= 0.6 is 0 Å². The number of hydrogen-bond donors (Lipinski definition) is 1. The van der Waals surface area contributed by atoms with Crippen LogP contribution in [0.15, 0.2) is 22.7 Å². The largest absolute Gasteiger partial charge is 0.508 e. The van der Waals surface area contributed by atoms with Gasteiger partial charge in [0.15, 0.2) is 5.82 Å². The van der Waals surface area contributed by atoms with Crippen molar-refractivity contribution >= 4 is 0 Å². The van der Waals surface area contributed by atoms with E-state index in [0.29, 0.717) is 11.7 Å². The minimum absolute atomic E-state index is 0.246. The standard InChI is InChI=1S/C12H14N2O2/c1-7(2)11-13-12(16-14-11)9-4-5-10(15)8(3)6-9/h4-7,15H,1-3H3. The molecule has 2 aromatic rings. The van der Waals surface area contributed by atoms with Crippen LogP contribution in [-0.4, -0.2) is 15.2 Å². The molecule has 0 atom stereocenters. The first kappa shape index (κ1) is 10.7. The summed E-state index contributed by atoms with van der Waals surface area (Å²) in [5, 5.41) is 13.3. The molecular weight excluding hydrogens is 204 g/mol. The molecule has 4 nitrogen and oxygen atoms in total. The van der Waals surface area contributed by atoms with Crippen molar-refractivity contribution in [3.05, 3.63) is 29.6 Å². The van der Waals surface area contributed by atoms with Crippen molar-refractivity contribution in [3.8, 4) is 17.2 Å². The molecule has 84 valence electrons. The van der Waals surface area contributed by atoms with Crippen molar-refractivity contribution in [3.63, 3.8) is 0 Å². The second-order valence-electron chi connectivity index (χ2n) is 4.11. The van der Waals surface area contributed by atoms with E-state index in [1.54, 1.807) is 12.1 Å². The Kier molecular flexibility index (Phi) is 2.64. The average Bonchev–Trinajstić information content (AvgIpc) is 2.71. The van der Waals surface area contributed by atoms with Gasteiger partial charge in [0.1, 0.15) is 5.75 Å². The molecule has 0 spiro atoms. The molecule has 1 aromatic carbocycles. The fourth-order valence-corrected chi connectivity index (χ4v) is 1.38. The number of phenolic OH excluding ortho intramolecular Hbond substituents is 1. The highest BCUT2D eigenvalue weighted by atomic mass is 16.5. The van der Waals surface area contributed by atoms with Crippen LogP contribution in [0.25, 0.3) is 11.5 Å². The van der Waals surface area contributed by atoms with Gasteiger partial charge in [-0.3, -0.25) is 0 Å². The van der Waals surface area contributed by atoms with Crippen LogP contribution in [0.3, 0.4) is 0 Å². The quantitative estimate of drug-likeness (QED) is 0.842. The van der Waals surface area contributed by atoms with Gasteiger partial charge in [0, 0.05) is 11.5 Å². The summed E-state index contributed by atoms with van der Waals surface area (Å²) in [4.78, 5) is 4.29. The number of benzene rings is 1. The summed E-state index contributed by atoms with van der Waals surface area (Å²) >= 11 is 0. The summed E-state index contributed by atoms with van der Waals surface area (Å²) in [5.74, 6) is 1.70. The Bertz CT molecular complexity index is 503. The van der Waals surface area contributed by atoms with Crippen LogP contribution in [0.1, 0.15) is 31.2 Å². The highest BCUT2D eigenvalue weighted by molar-refractivity contribution is 5.56. The van der Waals surface area contributed by atoms with Crippen molar-refractivity contribution in [2.45, 2.75) is 26.7 Å². The maximum atomic E-state index is 9.42. The third-order valence-corrected chi connectivity index (χ3v) is 2.40. The van der Waals surface area contributed by atoms with E-state index in [-0.39, 0.29) is 11.7 Å². The van der Waals surface area contributed by atoms with Gasteiger partial charge in [-0.25, -0.2) is 0 Å². The highest BCUT2D eigenvalue weighted by Crippen LogP contribution is 2.25. The zero-order chi connectivity index (χ0) is 11.7. The second kappa shape index (κ2) is 3.96. The van der Waals surface area contributed by atoms with Crippen molar-refractivity contribution in [2.24, 2.45) is 0 Å². The average molecular weight is 218 g/mol. The second-order valence-corrected chi connectivity index (χ2v) is 4.11. The summed E-state index contributed by atoms with van der Waals surface area (Å²) in [7, 11) is 0. The van der Waals surface area contributed by atoms with Gasteiger partial charge in [-0.1, -0.05) is 19.0 Å². The van der Waals surface area contributed by atoms with Crippen LogP contribution in [0.5, 0.6) is 5.75 Å². The maximum Gasteiger partial charge on any atom is 0.257 e. The van der Waals surface area contributed by atoms with Gasteiger partial charge in [-0.05, 0) is 30.7 Å². The zero-order valence-corrected chi connectivity index (χ0v) is 9.56. The number of phenols is 1. The normalized spacial score (nSPS) is 11.0. The lowest BCUT2D eigenvalue weighted by Crippen LogP contribution is -1.89. The number of rotatable bonds is 2. The van der Waals surface area contributed by atoms with Gasteiger partial charge < -0.3 is 9.63 Å². The smallest absolute Gasteiger partial charge is 0.257 e. The van der Waals surface area contributed by atoms with Crippen molar-refractivity contribution in [1.82, 2.24) is 10.1 Å². The first-order chi connectivity index (χ1) is 7.58. The third kappa shape index (κ3) is 1.91. The Hall–Kier alpha value is -1.84. The number of nitrogens with zero attached hydrogens (tertiary/aromatic N) is 2. The molecule has 16 heavy (non-hydrogen) atoms. The molecule has 0 radical (unpaired) electrons. The molecule has 0 aliphatic rings. The first-order valence-corrected chi connectivity index (χ1v) is 5.21. The summed E-state index contributed by atoms with van der Waals surface area (Å²) in [6, 6.07) is 5.22. The minimum Gasteiger partial charge on any atom is -0.508 e.